The van der Waals surface area contributed by atoms with E-state index in [2.05, 4.69) is 20.3 Å². The quantitative estimate of drug-likeness (QED) is 0.472. The molecule has 0 spiro atoms. The Kier molecular flexibility index (Phi) is 4.97. The summed E-state index contributed by atoms with van der Waals surface area (Å²) in [5.74, 6) is 0.274. The van der Waals surface area contributed by atoms with Gasteiger partial charge in [-0.05, 0) is 25.5 Å². The minimum absolute atomic E-state index is 0.00445. The molecule has 0 fully saturated rings. The Labute approximate surface area is 121 Å². The fourth-order valence-electron chi connectivity index (χ4n) is 1.71. The number of pyridine rings is 1. The standard InChI is InChI=1S/C13H15N5O3/c1-10-4-8-15-12(11(10)18(19)20)14-7-3-9-21-13-16-5-2-6-17-13/h2,4-6,8H,3,7,9H2,1H3,(H,14,15). The fraction of sp³-hybridized carbons (Fsp3) is 0.308. The molecule has 0 bridgehead atoms. The number of aryl methyl sites for hydroxylation is 1. The van der Waals surface area contributed by atoms with Gasteiger partial charge in [0.15, 0.2) is 0 Å². The third kappa shape index (κ3) is 4.10. The first kappa shape index (κ1) is 14.6. The molecule has 0 saturated heterocycles. The van der Waals surface area contributed by atoms with Crippen LogP contribution in [0.2, 0.25) is 0 Å². The Morgan fingerprint density at radius 2 is 2.05 bits per heavy atom. The summed E-state index contributed by atoms with van der Waals surface area (Å²) >= 11 is 0. The van der Waals surface area contributed by atoms with E-state index in [9.17, 15) is 10.1 Å². The average molecular weight is 289 g/mol. The molecule has 0 aliphatic rings. The van der Waals surface area contributed by atoms with Crippen LogP contribution in [0.25, 0.3) is 0 Å². The monoisotopic (exact) mass is 289 g/mol. The molecule has 0 atom stereocenters. The van der Waals surface area contributed by atoms with Crippen LogP contribution in [0.4, 0.5) is 11.5 Å². The predicted molar refractivity (Wildman–Crippen MR) is 76.3 cm³/mol. The van der Waals surface area contributed by atoms with Crippen LogP contribution in [0.3, 0.4) is 0 Å². The fourth-order valence-corrected chi connectivity index (χ4v) is 1.71. The smallest absolute Gasteiger partial charge is 0.316 e. The number of hydrogen-bond acceptors (Lipinski definition) is 7. The molecule has 2 aromatic rings. The first-order valence-electron chi connectivity index (χ1n) is 6.42. The summed E-state index contributed by atoms with van der Waals surface area (Å²) in [6, 6.07) is 3.63. The molecule has 1 N–H and O–H groups in total. The van der Waals surface area contributed by atoms with Crippen molar-refractivity contribution in [3.8, 4) is 6.01 Å². The summed E-state index contributed by atoms with van der Waals surface area (Å²) in [5.41, 5.74) is 0.580. The van der Waals surface area contributed by atoms with Crippen molar-refractivity contribution in [2.24, 2.45) is 0 Å². The molecule has 21 heavy (non-hydrogen) atoms. The van der Waals surface area contributed by atoms with Crippen molar-refractivity contribution in [2.75, 3.05) is 18.5 Å². The van der Waals surface area contributed by atoms with E-state index < -0.39 is 4.92 Å². The first-order valence-corrected chi connectivity index (χ1v) is 6.42. The van der Waals surface area contributed by atoms with Crippen LogP contribution < -0.4 is 10.1 Å². The second-order valence-corrected chi connectivity index (χ2v) is 4.24. The van der Waals surface area contributed by atoms with E-state index in [0.717, 1.165) is 0 Å². The lowest BCUT2D eigenvalue weighted by Crippen LogP contribution is -2.11. The molecule has 0 unspecified atom stereocenters. The Morgan fingerprint density at radius 3 is 2.76 bits per heavy atom. The molecule has 0 aliphatic heterocycles. The molecule has 0 aromatic carbocycles. The van der Waals surface area contributed by atoms with Crippen LogP contribution in [-0.4, -0.2) is 33.0 Å². The lowest BCUT2D eigenvalue weighted by atomic mass is 10.2. The molecule has 8 nitrogen and oxygen atoms in total. The van der Waals surface area contributed by atoms with Crippen molar-refractivity contribution >= 4 is 11.5 Å². The van der Waals surface area contributed by atoms with Crippen molar-refractivity contribution in [2.45, 2.75) is 13.3 Å². The van der Waals surface area contributed by atoms with Gasteiger partial charge in [0.1, 0.15) is 0 Å². The third-order valence-corrected chi connectivity index (χ3v) is 2.70. The highest BCUT2D eigenvalue weighted by atomic mass is 16.6. The number of anilines is 1. The van der Waals surface area contributed by atoms with Crippen LogP contribution in [0.1, 0.15) is 12.0 Å². The zero-order chi connectivity index (χ0) is 15.1. The van der Waals surface area contributed by atoms with Crippen LogP contribution in [0.5, 0.6) is 6.01 Å². The van der Waals surface area contributed by atoms with Gasteiger partial charge in [0, 0.05) is 30.7 Å². The van der Waals surface area contributed by atoms with E-state index in [1.165, 1.54) is 0 Å². The number of ether oxygens (including phenoxy) is 1. The van der Waals surface area contributed by atoms with E-state index in [1.807, 2.05) is 0 Å². The van der Waals surface area contributed by atoms with Crippen LogP contribution in [0, 0.1) is 17.0 Å². The van der Waals surface area contributed by atoms with E-state index >= 15 is 0 Å². The zero-order valence-electron chi connectivity index (χ0n) is 11.5. The van der Waals surface area contributed by atoms with Crippen molar-refractivity contribution < 1.29 is 9.66 Å². The Bertz CT molecular complexity index is 606. The van der Waals surface area contributed by atoms with Gasteiger partial charge < -0.3 is 10.1 Å². The predicted octanol–water partition coefficient (Wildman–Crippen LogP) is 1.97. The van der Waals surface area contributed by atoms with E-state index in [4.69, 9.17) is 4.74 Å². The lowest BCUT2D eigenvalue weighted by Gasteiger charge is -2.07. The maximum absolute atomic E-state index is 11.0. The Balaban J connectivity index is 1.81. The SMILES string of the molecule is Cc1ccnc(NCCCOc2ncccn2)c1[N+](=O)[O-]. The maximum Gasteiger partial charge on any atom is 0.316 e. The van der Waals surface area contributed by atoms with Crippen molar-refractivity contribution in [3.05, 3.63) is 46.4 Å². The van der Waals surface area contributed by atoms with Crippen molar-refractivity contribution in [1.82, 2.24) is 15.0 Å². The second kappa shape index (κ2) is 7.13. The van der Waals surface area contributed by atoms with Gasteiger partial charge in [-0.3, -0.25) is 10.1 Å². The van der Waals surface area contributed by atoms with E-state index in [1.54, 1.807) is 37.6 Å². The normalized spacial score (nSPS) is 10.1. The Hall–Kier alpha value is -2.77. The molecule has 110 valence electrons. The van der Waals surface area contributed by atoms with Gasteiger partial charge in [0.2, 0.25) is 5.82 Å². The summed E-state index contributed by atoms with van der Waals surface area (Å²) in [4.78, 5) is 22.4. The largest absolute Gasteiger partial charge is 0.463 e. The van der Waals surface area contributed by atoms with Crippen LogP contribution >= 0.6 is 0 Å². The molecule has 0 amide bonds. The number of nitrogens with one attached hydrogen (secondary N) is 1. The maximum atomic E-state index is 11.0. The van der Waals surface area contributed by atoms with Gasteiger partial charge in [-0.15, -0.1) is 0 Å². The number of aromatic nitrogens is 3. The van der Waals surface area contributed by atoms with E-state index in [-0.39, 0.29) is 11.5 Å². The highest BCUT2D eigenvalue weighted by Crippen LogP contribution is 2.25. The summed E-state index contributed by atoms with van der Waals surface area (Å²) < 4.78 is 5.33. The van der Waals surface area contributed by atoms with Crippen molar-refractivity contribution in [3.63, 3.8) is 0 Å². The topological polar surface area (TPSA) is 103 Å². The summed E-state index contributed by atoms with van der Waals surface area (Å²) in [5, 5.41) is 13.9. The van der Waals surface area contributed by atoms with Gasteiger partial charge >= 0.3 is 11.7 Å². The highest BCUT2D eigenvalue weighted by Gasteiger charge is 2.17. The molecular weight excluding hydrogens is 274 g/mol. The molecule has 2 rings (SSSR count). The van der Waals surface area contributed by atoms with Crippen molar-refractivity contribution in [1.29, 1.82) is 0 Å². The van der Waals surface area contributed by atoms with Gasteiger partial charge in [-0.1, -0.05) is 0 Å². The second-order valence-electron chi connectivity index (χ2n) is 4.24. The number of nitrogens with zero attached hydrogens (tertiary/aromatic N) is 4. The summed E-state index contributed by atoms with van der Waals surface area (Å²) in [6.45, 7) is 2.60. The van der Waals surface area contributed by atoms with E-state index in [0.29, 0.717) is 31.1 Å². The average Bonchev–Trinajstić information content (AvgIpc) is 2.47. The molecule has 0 aliphatic carbocycles. The van der Waals surface area contributed by atoms with Gasteiger partial charge in [0.25, 0.3) is 0 Å². The molecule has 8 heteroatoms. The summed E-state index contributed by atoms with van der Waals surface area (Å²) in [7, 11) is 0. The molecule has 2 aromatic heterocycles. The zero-order valence-corrected chi connectivity index (χ0v) is 11.5. The van der Waals surface area contributed by atoms with Gasteiger partial charge in [0.05, 0.1) is 11.5 Å². The minimum Gasteiger partial charge on any atom is -0.463 e. The van der Waals surface area contributed by atoms with Crippen LogP contribution in [-0.2, 0) is 0 Å². The molecule has 2 heterocycles. The lowest BCUT2D eigenvalue weighted by molar-refractivity contribution is -0.384. The Morgan fingerprint density at radius 1 is 1.29 bits per heavy atom. The number of rotatable bonds is 7. The van der Waals surface area contributed by atoms with Gasteiger partial charge in [-0.2, -0.15) is 0 Å². The van der Waals surface area contributed by atoms with Gasteiger partial charge in [-0.25, -0.2) is 15.0 Å². The highest BCUT2D eigenvalue weighted by molar-refractivity contribution is 5.59. The van der Waals surface area contributed by atoms with Crippen LogP contribution in [0.15, 0.2) is 30.7 Å². The third-order valence-electron chi connectivity index (χ3n) is 2.70. The summed E-state index contributed by atoms with van der Waals surface area (Å²) in [6.07, 6.45) is 5.38. The molecular formula is C13H15N5O3. The molecule has 0 saturated carbocycles. The minimum atomic E-state index is -0.432. The molecule has 0 radical (unpaired) electrons. The number of hydrogen-bond donors (Lipinski definition) is 1. The first-order chi connectivity index (χ1) is 10.2. The number of nitro groups is 1.